The van der Waals surface area contributed by atoms with Crippen molar-refractivity contribution in [2.75, 3.05) is 6.54 Å². The smallest absolute Gasteiger partial charge is 0.136 e. The van der Waals surface area contributed by atoms with Gasteiger partial charge in [0.1, 0.15) is 22.5 Å². The van der Waals surface area contributed by atoms with E-state index in [1.54, 1.807) is 29.8 Å². The first-order valence-electron chi connectivity index (χ1n) is 5.31. The number of imidazole rings is 1. The van der Waals surface area contributed by atoms with Gasteiger partial charge in [0.15, 0.2) is 0 Å². The third kappa shape index (κ3) is 2.18. The van der Waals surface area contributed by atoms with Gasteiger partial charge in [-0.15, -0.1) is 0 Å². The Morgan fingerprint density at radius 1 is 1.41 bits per heavy atom. The molecule has 3 nitrogen and oxygen atoms in total. The minimum Gasteiger partial charge on any atom is -0.330 e. The van der Waals surface area contributed by atoms with Gasteiger partial charge >= 0.3 is 0 Å². The maximum Gasteiger partial charge on any atom is 0.136 e. The molecule has 0 bridgehead atoms. The summed E-state index contributed by atoms with van der Waals surface area (Å²) in [6.45, 7) is 0.484. The number of nitrogens with zero attached hydrogens (tertiary/aromatic N) is 2. The topological polar surface area (TPSA) is 43.8 Å². The molecular formula is C12H13ClFN3. The summed E-state index contributed by atoms with van der Waals surface area (Å²) in [4.78, 5) is 4.34. The van der Waals surface area contributed by atoms with Gasteiger partial charge in [-0.2, -0.15) is 0 Å². The summed E-state index contributed by atoms with van der Waals surface area (Å²) in [5.41, 5.74) is 6.37. The van der Waals surface area contributed by atoms with Crippen molar-refractivity contribution in [3.63, 3.8) is 0 Å². The van der Waals surface area contributed by atoms with Crippen LogP contribution < -0.4 is 5.73 Å². The van der Waals surface area contributed by atoms with Crippen LogP contribution in [0.2, 0.25) is 5.15 Å². The summed E-state index contributed by atoms with van der Waals surface area (Å²) < 4.78 is 15.4. The summed E-state index contributed by atoms with van der Waals surface area (Å²) in [6, 6.07) is 6.45. The van der Waals surface area contributed by atoms with Crippen LogP contribution in [0.5, 0.6) is 0 Å². The van der Waals surface area contributed by atoms with E-state index < -0.39 is 0 Å². The van der Waals surface area contributed by atoms with E-state index in [1.165, 1.54) is 6.07 Å². The van der Waals surface area contributed by atoms with E-state index in [-0.39, 0.29) is 5.82 Å². The molecule has 0 spiro atoms. The number of hydrogen-bond acceptors (Lipinski definition) is 2. The largest absolute Gasteiger partial charge is 0.330 e. The number of hydrogen-bond donors (Lipinski definition) is 1. The van der Waals surface area contributed by atoms with Crippen molar-refractivity contribution < 1.29 is 4.39 Å². The normalized spacial score (nSPS) is 10.8. The van der Waals surface area contributed by atoms with Crippen LogP contribution in [0.25, 0.3) is 11.3 Å². The third-order valence-electron chi connectivity index (χ3n) is 2.61. The molecule has 0 aliphatic heterocycles. The molecule has 5 heteroatoms. The van der Waals surface area contributed by atoms with Gasteiger partial charge in [-0.25, -0.2) is 9.37 Å². The summed E-state index contributed by atoms with van der Waals surface area (Å²) in [5, 5.41) is 0.429. The lowest BCUT2D eigenvalue weighted by atomic mass is 10.1. The second-order valence-electron chi connectivity index (χ2n) is 3.74. The zero-order valence-electron chi connectivity index (χ0n) is 9.45. The van der Waals surface area contributed by atoms with Crippen molar-refractivity contribution in [1.29, 1.82) is 0 Å². The van der Waals surface area contributed by atoms with Gasteiger partial charge in [-0.3, -0.25) is 0 Å². The van der Waals surface area contributed by atoms with E-state index >= 15 is 0 Å². The van der Waals surface area contributed by atoms with Crippen molar-refractivity contribution in [3.8, 4) is 11.3 Å². The van der Waals surface area contributed by atoms with E-state index in [1.807, 2.05) is 0 Å². The van der Waals surface area contributed by atoms with Crippen LogP contribution >= 0.6 is 11.6 Å². The average molecular weight is 254 g/mol. The van der Waals surface area contributed by atoms with Crippen molar-refractivity contribution in [1.82, 2.24) is 9.55 Å². The van der Waals surface area contributed by atoms with E-state index in [0.29, 0.717) is 29.4 Å². The highest BCUT2D eigenvalue weighted by Crippen LogP contribution is 2.29. The third-order valence-corrected chi connectivity index (χ3v) is 3.05. The fraction of sp³-hybridized carbons (Fsp3) is 0.250. The molecule has 1 aromatic carbocycles. The molecule has 0 atom stereocenters. The van der Waals surface area contributed by atoms with Gasteiger partial charge in [-0.05, 0) is 18.7 Å². The van der Waals surface area contributed by atoms with Crippen LogP contribution in [-0.2, 0) is 13.5 Å². The quantitative estimate of drug-likeness (QED) is 0.913. The van der Waals surface area contributed by atoms with Crippen LogP contribution in [0.15, 0.2) is 24.3 Å². The lowest BCUT2D eigenvalue weighted by Crippen LogP contribution is -2.07. The molecule has 90 valence electrons. The molecule has 0 saturated carbocycles. The van der Waals surface area contributed by atoms with Gasteiger partial charge in [-0.1, -0.05) is 23.7 Å². The predicted octanol–water partition coefficient (Wildman–Crippen LogP) is 2.38. The molecule has 0 saturated heterocycles. The van der Waals surface area contributed by atoms with Gasteiger partial charge in [0.25, 0.3) is 0 Å². The number of aromatic nitrogens is 2. The van der Waals surface area contributed by atoms with Crippen LogP contribution in [0, 0.1) is 5.82 Å². The lowest BCUT2D eigenvalue weighted by molar-refractivity contribution is 0.631. The Bertz CT molecular complexity index is 537. The fourth-order valence-corrected chi connectivity index (χ4v) is 1.94. The highest BCUT2D eigenvalue weighted by Gasteiger charge is 2.16. The second-order valence-corrected chi connectivity index (χ2v) is 4.10. The van der Waals surface area contributed by atoms with Crippen molar-refractivity contribution in [2.24, 2.45) is 12.8 Å². The van der Waals surface area contributed by atoms with Gasteiger partial charge < -0.3 is 10.3 Å². The van der Waals surface area contributed by atoms with E-state index in [4.69, 9.17) is 17.3 Å². The minimum absolute atomic E-state index is 0.327. The Hall–Kier alpha value is -1.39. The number of nitrogens with two attached hydrogens (primary N) is 1. The highest BCUT2D eigenvalue weighted by atomic mass is 35.5. The molecule has 0 unspecified atom stereocenters. The maximum atomic E-state index is 13.6. The molecule has 2 N–H and O–H groups in total. The van der Waals surface area contributed by atoms with Gasteiger partial charge in [0, 0.05) is 19.0 Å². The van der Waals surface area contributed by atoms with Crippen LogP contribution in [0.3, 0.4) is 0 Å². The molecule has 2 aromatic rings. The molecule has 17 heavy (non-hydrogen) atoms. The standard InChI is InChI=1S/C12H13ClFN3/c1-17-10(6-7-15)16-11(12(17)13)8-4-2-3-5-9(8)14/h2-5H,6-7,15H2,1H3. The van der Waals surface area contributed by atoms with E-state index in [9.17, 15) is 4.39 Å². The first-order valence-corrected chi connectivity index (χ1v) is 5.69. The molecule has 1 aromatic heterocycles. The Kier molecular flexibility index (Phi) is 3.45. The highest BCUT2D eigenvalue weighted by molar-refractivity contribution is 6.32. The van der Waals surface area contributed by atoms with Crippen molar-refractivity contribution >= 4 is 11.6 Å². The Morgan fingerprint density at radius 3 is 2.76 bits per heavy atom. The van der Waals surface area contributed by atoms with Gasteiger partial charge in [0.2, 0.25) is 0 Å². The maximum absolute atomic E-state index is 13.6. The van der Waals surface area contributed by atoms with Crippen molar-refractivity contribution in [2.45, 2.75) is 6.42 Å². The Labute approximate surface area is 104 Å². The summed E-state index contributed by atoms with van der Waals surface area (Å²) in [7, 11) is 1.80. The Balaban J connectivity index is 2.53. The summed E-state index contributed by atoms with van der Waals surface area (Å²) >= 11 is 6.15. The number of rotatable bonds is 3. The molecule has 2 rings (SSSR count). The first kappa shape index (κ1) is 12.1. The molecule has 0 amide bonds. The van der Waals surface area contributed by atoms with Crippen LogP contribution in [-0.4, -0.2) is 16.1 Å². The van der Waals surface area contributed by atoms with Crippen molar-refractivity contribution in [3.05, 3.63) is 41.1 Å². The second kappa shape index (κ2) is 4.85. The zero-order chi connectivity index (χ0) is 12.4. The molecule has 0 radical (unpaired) electrons. The predicted molar refractivity (Wildman–Crippen MR) is 66.4 cm³/mol. The molecule has 0 aliphatic carbocycles. The molecule has 1 heterocycles. The molecule has 0 aliphatic rings. The van der Waals surface area contributed by atoms with Gasteiger partial charge in [0.05, 0.1) is 0 Å². The minimum atomic E-state index is -0.327. The average Bonchev–Trinajstić information content (AvgIpc) is 2.59. The molecular weight excluding hydrogens is 241 g/mol. The Morgan fingerprint density at radius 2 is 2.12 bits per heavy atom. The zero-order valence-corrected chi connectivity index (χ0v) is 10.2. The number of benzene rings is 1. The van der Waals surface area contributed by atoms with Crippen LogP contribution in [0.4, 0.5) is 4.39 Å². The lowest BCUT2D eigenvalue weighted by Gasteiger charge is -2.00. The monoisotopic (exact) mass is 253 g/mol. The first-order chi connectivity index (χ1) is 8.15. The SMILES string of the molecule is Cn1c(CCN)nc(-c2ccccc2F)c1Cl. The van der Waals surface area contributed by atoms with Crippen LogP contribution in [0.1, 0.15) is 5.82 Å². The fourth-order valence-electron chi connectivity index (χ4n) is 1.70. The molecule has 0 fully saturated rings. The van der Waals surface area contributed by atoms with E-state index in [2.05, 4.69) is 4.98 Å². The van der Waals surface area contributed by atoms with E-state index in [0.717, 1.165) is 5.82 Å². The number of halogens is 2. The summed E-state index contributed by atoms with van der Waals surface area (Å²) in [6.07, 6.45) is 0.616. The summed E-state index contributed by atoms with van der Waals surface area (Å²) in [5.74, 6) is 0.433.